The van der Waals surface area contributed by atoms with Gasteiger partial charge in [0.05, 0.1) is 11.3 Å². The van der Waals surface area contributed by atoms with Crippen LogP contribution in [0.1, 0.15) is 31.0 Å². The van der Waals surface area contributed by atoms with Crippen molar-refractivity contribution in [3.8, 4) is 0 Å². The van der Waals surface area contributed by atoms with E-state index in [1.807, 2.05) is 18.7 Å². The quantitative estimate of drug-likeness (QED) is 0.785. The third kappa shape index (κ3) is 2.60. The Kier molecular flexibility index (Phi) is 3.38. The monoisotopic (exact) mass is 252 g/mol. The van der Waals surface area contributed by atoms with Crippen molar-refractivity contribution in [3.05, 3.63) is 11.3 Å². The first-order valence-electron chi connectivity index (χ1n) is 6.08. The molecule has 0 aliphatic heterocycles. The predicted molar refractivity (Wildman–Crippen MR) is 74.2 cm³/mol. The van der Waals surface area contributed by atoms with Crippen LogP contribution in [0.15, 0.2) is 0 Å². The molecular formula is C12H20N4S. The van der Waals surface area contributed by atoms with Crippen molar-refractivity contribution >= 4 is 23.0 Å². The molecule has 0 saturated heterocycles. The van der Waals surface area contributed by atoms with Crippen LogP contribution in [0, 0.1) is 18.8 Å². The summed E-state index contributed by atoms with van der Waals surface area (Å²) in [5.41, 5.74) is 7.52. The van der Waals surface area contributed by atoms with Crippen LogP contribution in [0.4, 0.5) is 5.82 Å². The molecule has 1 aliphatic rings. The van der Waals surface area contributed by atoms with Crippen molar-refractivity contribution in [3.63, 3.8) is 0 Å². The topological polar surface area (TPSA) is 55.9 Å². The lowest BCUT2D eigenvalue weighted by Crippen LogP contribution is -2.18. The fraction of sp³-hybridized carbons (Fsp3) is 0.667. The number of nitrogens with two attached hydrogens (primary N) is 1. The zero-order valence-corrected chi connectivity index (χ0v) is 11.5. The maximum absolute atomic E-state index is 5.75. The van der Waals surface area contributed by atoms with Gasteiger partial charge in [-0.2, -0.15) is 5.10 Å². The molecule has 4 nitrogen and oxygen atoms in total. The molecule has 5 heteroatoms. The fourth-order valence-electron chi connectivity index (χ4n) is 2.25. The Labute approximate surface area is 108 Å². The second-order valence-electron chi connectivity index (χ2n) is 4.99. The first-order valence-corrected chi connectivity index (χ1v) is 6.48. The van der Waals surface area contributed by atoms with Gasteiger partial charge in [0.2, 0.25) is 0 Å². The second-order valence-corrected chi connectivity index (χ2v) is 5.43. The number of nitrogens with zero attached hydrogens (tertiary/aromatic N) is 2. The molecule has 1 heterocycles. The van der Waals surface area contributed by atoms with Crippen molar-refractivity contribution in [1.29, 1.82) is 0 Å². The second kappa shape index (κ2) is 4.64. The average molecular weight is 252 g/mol. The van der Waals surface area contributed by atoms with Gasteiger partial charge in [-0.3, -0.25) is 4.68 Å². The van der Waals surface area contributed by atoms with Crippen molar-refractivity contribution in [2.45, 2.75) is 26.7 Å². The molecule has 1 aliphatic carbocycles. The molecule has 0 spiro atoms. The molecule has 1 atom stereocenters. The highest BCUT2D eigenvalue weighted by Crippen LogP contribution is 2.36. The molecule has 1 aromatic rings. The summed E-state index contributed by atoms with van der Waals surface area (Å²) in [4.78, 5) is 0.414. The van der Waals surface area contributed by atoms with Crippen LogP contribution in [0.25, 0.3) is 0 Å². The number of anilines is 1. The zero-order chi connectivity index (χ0) is 12.6. The molecule has 94 valence electrons. The van der Waals surface area contributed by atoms with E-state index in [4.69, 9.17) is 18.0 Å². The van der Waals surface area contributed by atoms with Crippen LogP contribution in [-0.2, 0) is 7.05 Å². The molecule has 0 aromatic carbocycles. The molecule has 3 N–H and O–H groups in total. The van der Waals surface area contributed by atoms with Crippen LogP contribution in [-0.4, -0.2) is 21.3 Å². The largest absolute Gasteiger partial charge is 0.389 e. The van der Waals surface area contributed by atoms with Crippen LogP contribution >= 0.6 is 12.2 Å². The molecule has 17 heavy (non-hydrogen) atoms. The van der Waals surface area contributed by atoms with E-state index in [1.165, 1.54) is 12.8 Å². The first kappa shape index (κ1) is 12.4. The van der Waals surface area contributed by atoms with Gasteiger partial charge >= 0.3 is 0 Å². The zero-order valence-electron chi connectivity index (χ0n) is 10.7. The lowest BCUT2D eigenvalue weighted by atomic mass is 10.1. The van der Waals surface area contributed by atoms with Crippen molar-refractivity contribution in [1.82, 2.24) is 9.78 Å². The maximum atomic E-state index is 5.75. The Bertz CT molecular complexity index is 434. The summed E-state index contributed by atoms with van der Waals surface area (Å²) in [6, 6.07) is 0. The van der Waals surface area contributed by atoms with E-state index in [9.17, 15) is 0 Å². The maximum Gasteiger partial charge on any atom is 0.134 e. The highest BCUT2D eigenvalue weighted by molar-refractivity contribution is 7.80. The lowest BCUT2D eigenvalue weighted by molar-refractivity contribution is 0.534. The minimum Gasteiger partial charge on any atom is -0.389 e. The number of aromatic nitrogens is 2. The molecule has 0 amide bonds. The Morgan fingerprint density at radius 3 is 2.82 bits per heavy atom. The number of nitrogens with one attached hydrogen (secondary N) is 1. The van der Waals surface area contributed by atoms with Gasteiger partial charge in [0.15, 0.2) is 0 Å². The summed E-state index contributed by atoms with van der Waals surface area (Å²) in [7, 11) is 1.92. The minimum atomic E-state index is 0.414. The Morgan fingerprint density at radius 1 is 1.65 bits per heavy atom. The van der Waals surface area contributed by atoms with E-state index >= 15 is 0 Å². The number of hydrogen-bond acceptors (Lipinski definition) is 3. The van der Waals surface area contributed by atoms with E-state index in [0.29, 0.717) is 10.9 Å². The molecule has 0 bridgehead atoms. The van der Waals surface area contributed by atoms with Gasteiger partial charge in [-0.1, -0.05) is 19.1 Å². The number of rotatable bonds is 5. The van der Waals surface area contributed by atoms with Gasteiger partial charge < -0.3 is 11.1 Å². The summed E-state index contributed by atoms with van der Waals surface area (Å²) in [5, 5.41) is 7.80. The third-order valence-electron chi connectivity index (χ3n) is 3.49. The van der Waals surface area contributed by atoms with Gasteiger partial charge in [-0.15, -0.1) is 0 Å². The number of thiocarbonyl (C=S) groups is 1. The average Bonchev–Trinajstić information content (AvgIpc) is 3.02. The van der Waals surface area contributed by atoms with Crippen LogP contribution in [0.5, 0.6) is 0 Å². The van der Waals surface area contributed by atoms with Crippen molar-refractivity contribution in [2.24, 2.45) is 24.6 Å². The van der Waals surface area contributed by atoms with Gasteiger partial charge in [0.1, 0.15) is 10.8 Å². The minimum absolute atomic E-state index is 0.414. The standard InChI is InChI=1S/C12H20N4S/c1-7(9-4-5-9)6-14-12-10(11(13)17)8(2)15-16(12)3/h7,9,14H,4-6H2,1-3H3,(H2,13,17). The van der Waals surface area contributed by atoms with Crippen molar-refractivity contribution in [2.75, 3.05) is 11.9 Å². The highest BCUT2D eigenvalue weighted by atomic mass is 32.1. The van der Waals surface area contributed by atoms with Gasteiger partial charge in [0.25, 0.3) is 0 Å². The molecular weight excluding hydrogens is 232 g/mol. The van der Waals surface area contributed by atoms with E-state index in [0.717, 1.165) is 29.5 Å². The lowest BCUT2D eigenvalue weighted by Gasteiger charge is -2.14. The predicted octanol–water partition coefficient (Wildman–Crippen LogP) is 1.82. The van der Waals surface area contributed by atoms with E-state index in [1.54, 1.807) is 0 Å². The van der Waals surface area contributed by atoms with Crippen LogP contribution < -0.4 is 11.1 Å². The van der Waals surface area contributed by atoms with Crippen molar-refractivity contribution < 1.29 is 0 Å². The third-order valence-corrected chi connectivity index (χ3v) is 3.69. The summed E-state index contributed by atoms with van der Waals surface area (Å²) >= 11 is 5.08. The smallest absolute Gasteiger partial charge is 0.134 e. The number of aryl methyl sites for hydroxylation is 2. The highest BCUT2D eigenvalue weighted by Gasteiger charge is 2.28. The molecule has 1 unspecified atom stereocenters. The Morgan fingerprint density at radius 2 is 2.29 bits per heavy atom. The van der Waals surface area contributed by atoms with Crippen LogP contribution in [0.2, 0.25) is 0 Å². The Balaban J connectivity index is 2.10. The van der Waals surface area contributed by atoms with E-state index in [-0.39, 0.29) is 0 Å². The van der Waals surface area contributed by atoms with Gasteiger partial charge in [0, 0.05) is 13.6 Å². The molecule has 1 fully saturated rings. The van der Waals surface area contributed by atoms with Gasteiger partial charge in [-0.05, 0) is 31.6 Å². The SMILES string of the molecule is Cc1nn(C)c(NCC(C)C2CC2)c1C(N)=S. The van der Waals surface area contributed by atoms with Gasteiger partial charge in [-0.25, -0.2) is 0 Å². The first-order chi connectivity index (χ1) is 8.00. The molecule has 1 aromatic heterocycles. The summed E-state index contributed by atoms with van der Waals surface area (Å²) in [5.74, 6) is 2.54. The summed E-state index contributed by atoms with van der Waals surface area (Å²) in [6.07, 6.45) is 2.74. The normalized spacial score (nSPS) is 16.9. The van der Waals surface area contributed by atoms with E-state index in [2.05, 4.69) is 17.3 Å². The van der Waals surface area contributed by atoms with E-state index < -0.39 is 0 Å². The molecule has 0 radical (unpaired) electrons. The Hall–Kier alpha value is -1.10. The molecule has 1 saturated carbocycles. The number of hydrogen-bond donors (Lipinski definition) is 2. The van der Waals surface area contributed by atoms with Crippen LogP contribution in [0.3, 0.4) is 0 Å². The fourth-order valence-corrected chi connectivity index (χ4v) is 2.49. The summed E-state index contributed by atoms with van der Waals surface area (Å²) < 4.78 is 1.82. The summed E-state index contributed by atoms with van der Waals surface area (Å²) in [6.45, 7) is 5.18. The molecule has 2 rings (SSSR count).